The monoisotopic (exact) mass is 517 g/mol. The number of aromatic hydroxyl groups is 1. The van der Waals surface area contributed by atoms with Gasteiger partial charge in [0.2, 0.25) is 0 Å². The molecule has 1 aliphatic heterocycles. The number of rotatable bonds is 5. The number of phenols is 1. The molecule has 1 fully saturated rings. The number of anilines is 1. The topological polar surface area (TPSA) is 96.3 Å². The highest BCUT2D eigenvalue weighted by Crippen LogP contribution is 2.48. The molecule has 1 heterocycles. The van der Waals surface area contributed by atoms with Gasteiger partial charge in [0.15, 0.2) is 11.5 Å². The highest BCUT2D eigenvalue weighted by atomic mass is 35.5. The Balaban J connectivity index is 2.03. The van der Waals surface area contributed by atoms with Crippen LogP contribution in [0.1, 0.15) is 17.2 Å². The van der Waals surface area contributed by atoms with Gasteiger partial charge in [-0.3, -0.25) is 14.5 Å². The Bertz CT molecular complexity index is 1390. The number of halogens is 3. The Morgan fingerprint density at radius 2 is 1.69 bits per heavy atom. The van der Waals surface area contributed by atoms with Crippen LogP contribution in [0.5, 0.6) is 17.2 Å². The summed E-state index contributed by atoms with van der Waals surface area (Å²) in [4.78, 5) is 27.5. The van der Waals surface area contributed by atoms with E-state index >= 15 is 0 Å². The van der Waals surface area contributed by atoms with Crippen LogP contribution in [0.25, 0.3) is 5.76 Å². The first-order chi connectivity index (χ1) is 16.7. The fraction of sp³-hybridized carbons (Fsp3) is 0.120. The Labute approximate surface area is 209 Å². The standard InChI is InChI=1S/C25H18Cl2FNO6/c1-34-23-16(11-17(26)24(35-2)19(23)27)21(31)18-20(12-5-3-8-15(30)9-12)29(25(33)22(18)32)14-7-4-6-13(28)10-14/h3-11,20,30-31H,1-2H3/b21-18+. The van der Waals surface area contributed by atoms with E-state index in [4.69, 9.17) is 32.7 Å². The number of amides is 1. The predicted molar refractivity (Wildman–Crippen MR) is 129 cm³/mol. The first kappa shape index (κ1) is 24.4. The van der Waals surface area contributed by atoms with Crippen LogP contribution >= 0.6 is 23.2 Å². The molecule has 35 heavy (non-hydrogen) atoms. The van der Waals surface area contributed by atoms with Crippen molar-refractivity contribution in [1.82, 2.24) is 0 Å². The van der Waals surface area contributed by atoms with Gasteiger partial charge in [-0.05, 0) is 42.0 Å². The molecule has 1 saturated heterocycles. The van der Waals surface area contributed by atoms with E-state index in [9.17, 15) is 24.2 Å². The third kappa shape index (κ3) is 4.15. The van der Waals surface area contributed by atoms with Gasteiger partial charge in [-0.1, -0.05) is 41.4 Å². The van der Waals surface area contributed by atoms with Crippen LogP contribution in [0, 0.1) is 5.82 Å². The zero-order valence-corrected chi connectivity index (χ0v) is 19.9. The molecule has 1 unspecified atom stereocenters. The summed E-state index contributed by atoms with van der Waals surface area (Å²) in [5.41, 5.74) is -0.0249. The fourth-order valence-corrected chi connectivity index (χ4v) is 4.71. The van der Waals surface area contributed by atoms with E-state index in [1.54, 1.807) is 6.07 Å². The lowest BCUT2D eigenvalue weighted by molar-refractivity contribution is -0.132. The lowest BCUT2D eigenvalue weighted by Crippen LogP contribution is -2.29. The summed E-state index contributed by atoms with van der Waals surface area (Å²) in [6.07, 6.45) is 0. The number of phenolic OH excluding ortho intramolecular Hbond substituents is 1. The molecule has 0 saturated carbocycles. The molecule has 4 rings (SSSR count). The van der Waals surface area contributed by atoms with Gasteiger partial charge in [0.25, 0.3) is 11.7 Å². The third-order valence-corrected chi connectivity index (χ3v) is 6.14. The molecule has 0 bridgehead atoms. The summed E-state index contributed by atoms with van der Waals surface area (Å²) in [6.45, 7) is 0. The Kier molecular flexibility index (Phi) is 6.60. The second kappa shape index (κ2) is 9.48. The first-order valence-electron chi connectivity index (χ1n) is 10.2. The van der Waals surface area contributed by atoms with Crippen LogP contribution in [0.3, 0.4) is 0 Å². The number of Topliss-reactive ketones (excluding diaryl/α,β-unsaturated/α-hetero) is 1. The highest BCUT2D eigenvalue weighted by Gasteiger charge is 2.47. The number of ether oxygens (including phenoxy) is 2. The molecule has 1 amide bonds. The van der Waals surface area contributed by atoms with E-state index in [1.165, 1.54) is 56.7 Å². The molecule has 0 spiro atoms. The van der Waals surface area contributed by atoms with E-state index in [0.29, 0.717) is 5.56 Å². The van der Waals surface area contributed by atoms with Crippen molar-refractivity contribution in [2.24, 2.45) is 0 Å². The van der Waals surface area contributed by atoms with Gasteiger partial charge in [0.1, 0.15) is 22.3 Å². The molecule has 0 aromatic heterocycles. The number of nitrogens with zero attached hydrogens (tertiary/aromatic N) is 1. The number of hydrogen-bond acceptors (Lipinski definition) is 6. The van der Waals surface area contributed by atoms with Gasteiger partial charge >= 0.3 is 0 Å². The smallest absolute Gasteiger partial charge is 0.300 e. The van der Waals surface area contributed by atoms with Crippen LogP contribution in [0.4, 0.5) is 10.1 Å². The highest BCUT2D eigenvalue weighted by molar-refractivity contribution is 6.52. The number of aliphatic hydroxyl groups is 1. The largest absolute Gasteiger partial charge is 0.508 e. The van der Waals surface area contributed by atoms with Crippen molar-refractivity contribution in [2.75, 3.05) is 19.1 Å². The molecule has 10 heteroatoms. The molecule has 3 aromatic rings. The minimum atomic E-state index is -1.21. The van der Waals surface area contributed by atoms with Gasteiger partial charge in [-0.25, -0.2) is 4.39 Å². The van der Waals surface area contributed by atoms with Crippen molar-refractivity contribution in [2.45, 2.75) is 6.04 Å². The number of aliphatic hydroxyl groups excluding tert-OH is 1. The van der Waals surface area contributed by atoms with Crippen molar-refractivity contribution in [3.05, 3.63) is 87.2 Å². The summed E-state index contributed by atoms with van der Waals surface area (Å²) in [5.74, 6) is -3.39. The van der Waals surface area contributed by atoms with Gasteiger partial charge < -0.3 is 19.7 Å². The van der Waals surface area contributed by atoms with E-state index < -0.39 is 29.3 Å². The average Bonchev–Trinajstić information content (AvgIpc) is 3.09. The Morgan fingerprint density at radius 1 is 1.00 bits per heavy atom. The minimum Gasteiger partial charge on any atom is -0.508 e. The van der Waals surface area contributed by atoms with E-state index in [0.717, 1.165) is 11.0 Å². The number of carbonyl (C=O) groups excluding carboxylic acids is 2. The van der Waals surface area contributed by atoms with Gasteiger partial charge in [0.05, 0.1) is 36.4 Å². The fourth-order valence-electron chi connectivity index (χ4n) is 4.03. The normalized spacial score (nSPS) is 17.1. The maximum absolute atomic E-state index is 14.0. The molecular weight excluding hydrogens is 500 g/mol. The van der Waals surface area contributed by atoms with E-state index in [1.807, 2.05) is 0 Å². The van der Waals surface area contributed by atoms with Crippen molar-refractivity contribution in [1.29, 1.82) is 0 Å². The molecule has 180 valence electrons. The molecule has 3 aromatic carbocycles. The van der Waals surface area contributed by atoms with Crippen LogP contribution in [-0.4, -0.2) is 36.1 Å². The second-order valence-corrected chi connectivity index (χ2v) is 8.32. The number of methoxy groups -OCH3 is 2. The van der Waals surface area contributed by atoms with Crippen molar-refractivity contribution < 1.29 is 33.7 Å². The second-order valence-electron chi connectivity index (χ2n) is 7.53. The number of carbonyl (C=O) groups is 2. The van der Waals surface area contributed by atoms with E-state index in [2.05, 4.69) is 0 Å². The van der Waals surface area contributed by atoms with Crippen molar-refractivity contribution in [3.63, 3.8) is 0 Å². The van der Waals surface area contributed by atoms with Crippen molar-refractivity contribution >= 4 is 46.3 Å². The maximum atomic E-state index is 14.0. The lowest BCUT2D eigenvalue weighted by Gasteiger charge is -2.25. The third-order valence-electron chi connectivity index (χ3n) is 5.51. The van der Waals surface area contributed by atoms with Crippen LogP contribution in [-0.2, 0) is 9.59 Å². The van der Waals surface area contributed by atoms with Crippen LogP contribution in [0.2, 0.25) is 10.0 Å². The zero-order chi connectivity index (χ0) is 25.4. The molecular formula is C25H18Cl2FNO6. The maximum Gasteiger partial charge on any atom is 0.300 e. The van der Waals surface area contributed by atoms with Crippen molar-refractivity contribution in [3.8, 4) is 17.2 Å². The van der Waals surface area contributed by atoms with Gasteiger partial charge in [-0.15, -0.1) is 0 Å². The Morgan fingerprint density at radius 3 is 2.31 bits per heavy atom. The minimum absolute atomic E-state index is 0.0214. The SMILES string of the molecule is COc1c(Cl)cc(/C(O)=C2\C(=O)C(=O)N(c3cccc(F)c3)C2c2cccc(O)c2)c(OC)c1Cl. The van der Waals surface area contributed by atoms with Crippen LogP contribution in [0.15, 0.2) is 60.2 Å². The quantitative estimate of drug-likeness (QED) is 0.264. The van der Waals surface area contributed by atoms with E-state index in [-0.39, 0.29) is 44.1 Å². The molecule has 1 atom stereocenters. The molecule has 7 nitrogen and oxygen atoms in total. The molecule has 0 aliphatic carbocycles. The zero-order valence-electron chi connectivity index (χ0n) is 18.4. The van der Waals surface area contributed by atoms with Crippen LogP contribution < -0.4 is 14.4 Å². The summed E-state index contributed by atoms with van der Waals surface area (Å²) in [6, 6.07) is 11.0. The summed E-state index contributed by atoms with van der Waals surface area (Å²) in [5, 5.41) is 21.4. The first-order valence-corrected chi connectivity index (χ1v) is 10.9. The lowest BCUT2D eigenvalue weighted by atomic mass is 9.94. The van der Waals surface area contributed by atoms with Gasteiger partial charge in [-0.2, -0.15) is 0 Å². The molecule has 2 N–H and O–H groups in total. The summed E-state index contributed by atoms with van der Waals surface area (Å²) in [7, 11) is 2.64. The number of benzene rings is 3. The molecule has 1 aliphatic rings. The van der Waals surface area contributed by atoms with Gasteiger partial charge in [0, 0.05) is 5.69 Å². The number of hydrogen-bond donors (Lipinski definition) is 2. The average molecular weight is 518 g/mol. The molecule has 0 radical (unpaired) electrons. The number of ketones is 1. The summed E-state index contributed by atoms with van der Waals surface area (Å²) >= 11 is 12.6. The Hall–Kier alpha value is -3.75. The summed E-state index contributed by atoms with van der Waals surface area (Å²) < 4.78 is 24.5. The predicted octanol–water partition coefficient (Wildman–Crippen LogP) is 5.48.